The van der Waals surface area contributed by atoms with Crippen LogP contribution in [0.4, 0.5) is 0 Å². The number of allylic oxidation sites excluding steroid dienone is 6. The molecule has 0 aromatic heterocycles. The molecule has 1 amide bonds. The monoisotopic (exact) mass is 900 g/mol. The smallest absolute Gasteiger partial charge is 0.329 e. The predicted molar refractivity (Wildman–Crippen MR) is 240 cm³/mol. The van der Waals surface area contributed by atoms with Crippen LogP contribution in [0.15, 0.2) is 47.6 Å². The van der Waals surface area contributed by atoms with Crippen molar-refractivity contribution in [2.75, 3.05) is 20.8 Å². The molecule has 4 aliphatic rings. The van der Waals surface area contributed by atoms with E-state index in [1.165, 1.54) is 11.0 Å². The Hall–Kier alpha value is -3.37. The number of carbonyl (C=O) groups excluding carboxylic acids is 5. The van der Waals surface area contributed by atoms with Gasteiger partial charge in [0, 0.05) is 51.4 Å². The Kier molecular flexibility index (Phi) is 20.3. The van der Waals surface area contributed by atoms with E-state index >= 15 is 0 Å². The average molecular weight is 900 g/mol. The molecule has 1 saturated carbocycles. The molecular formula is C50H77NO13. The van der Waals surface area contributed by atoms with Crippen LogP contribution in [0.2, 0.25) is 0 Å². The largest absolute Gasteiger partial charge is 0.460 e. The van der Waals surface area contributed by atoms with Crippen molar-refractivity contribution in [2.45, 2.75) is 180 Å². The third kappa shape index (κ3) is 13.8. The Morgan fingerprint density at radius 2 is 1.56 bits per heavy atom. The zero-order chi connectivity index (χ0) is 47.5. The number of rotatable bonds is 5. The third-order valence-corrected chi connectivity index (χ3v) is 14.2. The second-order valence-corrected chi connectivity index (χ2v) is 19.4. The third-order valence-electron chi connectivity index (χ3n) is 14.2. The fourth-order valence-corrected chi connectivity index (χ4v) is 9.89. The van der Waals surface area contributed by atoms with Gasteiger partial charge >= 0.3 is 5.97 Å². The lowest BCUT2D eigenvalue weighted by Crippen LogP contribution is -2.61. The normalized spacial score (nSPS) is 40.9. The standard InChI is InChI=1S/C50H77NO13/c1-29-15-11-10-12-16-30(2)41(61-8)27-37-20-18-35(7)50(60,64-37)47(57)48(58)51-22-14-13-17-38(51)49(59)63-42(32(4)25-36-19-21-39(52)43(26-36)62-9)28-40(53)31(3)24-34(6)45(55)46(56)44(54)33(5)23-29/h10-12,15-16,24,29,31-33,35-39,41-43,45-46,52,55-56,60H,13-14,17-23,25-28H2,1-9H3/b12-10+,15-11+,30-16+,34-24+/t29-,31-,32-,33-,35-,36?,37?,38?,39?,41?,42?,43-,45?,46+,50?/m1/s1. The second kappa shape index (κ2) is 24.4. The molecule has 3 heterocycles. The van der Waals surface area contributed by atoms with Crippen LogP contribution in [0.1, 0.15) is 126 Å². The van der Waals surface area contributed by atoms with Crippen molar-refractivity contribution in [2.24, 2.45) is 35.5 Å². The van der Waals surface area contributed by atoms with E-state index in [1.807, 2.05) is 51.2 Å². The minimum absolute atomic E-state index is 0.0365. The number of nitrogens with zero attached hydrogens (tertiary/aromatic N) is 1. The summed E-state index contributed by atoms with van der Waals surface area (Å²) in [5.41, 5.74) is 1.11. The van der Waals surface area contributed by atoms with E-state index in [9.17, 15) is 44.4 Å². The highest BCUT2D eigenvalue weighted by atomic mass is 16.6. The Morgan fingerprint density at radius 3 is 2.25 bits per heavy atom. The molecule has 8 unspecified atom stereocenters. The van der Waals surface area contributed by atoms with Gasteiger partial charge in [-0.25, -0.2) is 4.79 Å². The predicted octanol–water partition coefficient (Wildman–Crippen LogP) is 5.53. The number of ketones is 3. The van der Waals surface area contributed by atoms with Crippen LogP contribution in [0.25, 0.3) is 0 Å². The number of piperidine rings is 1. The van der Waals surface area contributed by atoms with Gasteiger partial charge in [-0.1, -0.05) is 71.1 Å². The Balaban J connectivity index is 1.69. The van der Waals surface area contributed by atoms with E-state index in [1.54, 1.807) is 41.9 Å². The number of amides is 1. The first kappa shape index (κ1) is 53.2. The number of ether oxygens (including phenoxy) is 4. The molecular weight excluding hydrogens is 823 g/mol. The fraction of sp³-hybridized carbons (Fsp3) is 0.740. The summed E-state index contributed by atoms with van der Waals surface area (Å²) in [7, 11) is 3.12. The molecule has 2 saturated heterocycles. The van der Waals surface area contributed by atoms with Crippen molar-refractivity contribution in [1.82, 2.24) is 4.90 Å². The Labute approximate surface area is 380 Å². The van der Waals surface area contributed by atoms with Crippen LogP contribution in [-0.4, -0.2) is 130 Å². The molecule has 0 spiro atoms. The molecule has 64 heavy (non-hydrogen) atoms. The number of hydrogen-bond acceptors (Lipinski definition) is 13. The van der Waals surface area contributed by atoms with Crippen molar-refractivity contribution in [3.63, 3.8) is 0 Å². The summed E-state index contributed by atoms with van der Waals surface area (Å²) in [4.78, 5) is 71.2. The van der Waals surface area contributed by atoms with Crippen molar-refractivity contribution < 1.29 is 63.3 Å². The number of methoxy groups -OCH3 is 2. The van der Waals surface area contributed by atoms with Crippen molar-refractivity contribution in [3.8, 4) is 0 Å². The lowest BCUT2D eigenvalue weighted by molar-refractivity contribution is -0.265. The number of aliphatic hydroxyl groups excluding tert-OH is 3. The van der Waals surface area contributed by atoms with Gasteiger partial charge in [-0.15, -0.1) is 0 Å². The summed E-state index contributed by atoms with van der Waals surface area (Å²) >= 11 is 0. The van der Waals surface area contributed by atoms with Crippen LogP contribution < -0.4 is 0 Å². The summed E-state index contributed by atoms with van der Waals surface area (Å²) in [6.45, 7) is 12.4. The molecule has 360 valence electrons. The minimum atomic E-state index is -2.44. The zero-order valence-electron chi connectivity index (χ0n) is 39.6. The minimum Gasteiger partial charge on any atom is -0.460 e. The van der Waals surface area contributed by atoms with Gasteiger partial charge in [0.2, 0.25) is 5.79 Å². The molecule has 15 atom stereocenters. The topological polar surface area (TPSA) is 206 Å². The van der Waals surface area contributed by atoms with Crippen LogP contribution in [0.5, 0.6) is 0 Å². The maximum atomic E-state index is 14.3. The highest BCUT2D eigenvalue weighted by Gasteiger charge is 2.53. The van der Waals surface area contributed by atoms with E-state index < -0.39 is 89.6 Å². The summed E-state index contributed by atoms with van der Waals surface area (Å²) < 4.78 is 23.7. The van der Waals surface area contributed by atoms with Gasteiger partial charge in [-0.05, 0) is 107 Å². The van der Waals surface area contributed by atoms with Gasteiger partial charge in [0.25, 0.3) is 11.7 Å². The molecule has 14 heteroatoms. The zero-order valence-corrected chi connectivity index (χ0v) is 39.6. The molecule has 14 nitrogen and oxygen atoms in total. The molecule has 0 aromatic rings. The van der Waals surface area contributed by atoms with Crippen molar-refractivity contribution in [1.29, 1.82) is 0 Å². The summed E-state index contributed by atoms with van der Waals surface area (Å²) in [6, 6.07) is -1.15. The first-order chi connectivity index (χ1) is 30.2. The number of cyclic esters (lactones) is 1. The van der Waals surface area contributed by atoms with Crippen LogP contribution in [0, 0.1) is 35.5 Å². The van der Waals surface area contributed by atoms with E-state index in [2.05, 4.69) is 0 Å². The number of esters is 1. The summed E-state index contributed by atoms with van der Waals surface area (Å²) in [5, 5.41) is 44.5. The van der Waals surface area contributed by atoms with Crippen LogP contribution in [0.3, 0.4) is 0 Å². The van der Waals surface area contributed by atoms with Crippen molar-refractivity contribution in [3.05, 3.63) is 47.6 Å². The highest BCUT2D eigenvalue weighted by Crippen LogP contribution is 2.38. The first-order valence-electron chi connectivity index (χ1n) is 23.5. The molecule has 0 aromatic carbocycles. The molecule has 3 aliphatic heterocycles. The average Bonchev–Trinajstić information content (AvgIpc) is 3.27. The summed E-state index contributed by atoms with van der Waals surface area (Å²) in [5.74, 6) is -8.59. The van der Waals surface area contributed by atoms with Gasteiger partial charge in [-0.2, -0.15) is 0 Å². The van der Waals surface area contributed by atoms with E-state index in [4.69, 9.17) is 18.9 Å². The number of Topliss-reactive ketones (excluding diaryl/α,β-unsaturated/α-hetero) is 3. The van der Waals surface area contributed by atoms with Crippen molar-refractivity contribution >= 4 is 29.2 Å². The van der Waals surface area contributed by atoms with E-state index in [-0.39, 0.29) is 54.6 Å². The van der Waals surface area contributed by atoms with Gasteiger partial charge in [0.05, 0.1) is 24.4 Å². The van der Waals surface area contributed by atoms with Crippen LogP contribution in [-0.2, 0) is 42.9 Å². The van der Waals surface area contributed by atoms with Gasteiger partial charge in [0.15, 0.2) is 5.78 Å². The van der Waals surface area contributed by atoms with Crippen LogP contribution >= 0.6 is 0 Å². The molecule has 1 aliphatic carbocycles. The fourth-order valence-electron chi connectivity index (χ4n) is 9.89. The maximum absolute atomic E-state index is 14.3. The quantitative estimate of drug-likeness (QED) is 0.153. The molecule has 3 fully saturated rings. The molecule has 4 N–H and O–H groups in total. The Bertz CT molecular complexity index is 1740. The number of carbonyl (C=O) groups is 5. The van der Waals surface area contributed by atoms with E-state index in [0.717, 1.165) is 5.57 Å². The SMILES string of the molecule is COC1CC2CC[C@@H](C)C(O)(O2)C(=O)C(=O)N2CCCCC2C(=O)OC([C@H](C)CC2CCC(O)[C@H](OC)C2)CC(=O)[C@H](C)/C=C(\C)C(O)[C@@H](O)C(=O)[C@H](C)C[C@H](C)/C=C/C=C/C=C/1C. The highest BCUT2D eigenvalue weighted by molar-refractivity contribution is 6.39. The number of aliphatic hydroxyl groups is 4. The Morgan fingerprint density at radius 1 is 0.844 bits per heavy atom. The number of hydrogen-bond donors (Lipinski definition) is 4. The first-order valence-corrected chi connectivity index (χ1v) is 23.5. The lowest BCUT2D eigenvalue weighted by atomic mass is 9.78. The van der Waals surface area contributed by atoms with E-state index in [0.29, 0.717) is 64.2 Å². The summed E-state index contributed by atoms with van der Waals surface area (Å²) in [6.07, 6.45) is 9.84. The second-order valence-electron chi connectivity index (χ2n) is 19.4. The van der Waals surface area contributed by atoms with Gasteiger partial charge in [0.1, 0.15) is 30.1 Å². The molecule has 2 bridgehead atoms. The molecule has 4 rings (SSSR count). The number of fused-ring (bicyclic) bond motifs is 3. The van der Waals surface area contributed by atoms with Gasteiger partial charge < -0.3 is 44.3 Å². The molecule has 0 radical (unpaired) electrons. The lowest BCUT2D eigenvalue weighted by Gasteiger charge is -2.42. The maximum Gasteiger partial charge on any atom is 0.329 e. The van der Waals surface area contributed by atoms with Gasteiger partial charge in [-0.3, -0.25) is 19.2 Å².